The van der Waals surface area contributed by atoms with E-state index in [0.29, 0.717) is 13.0 Å². The fourth-order valence-electron chi connectivity index (χ4n) is 3.82. The lowest BCUT2D eigenvalue weighted by molar-refractivity contribution is -0.133. The lowest BCUT2D eigenvalue weighted by atomic mass is 9.97. The van der Waals surface area contributed by atoms with Crippen LogP contribution in [0.5, 0.6) is 0 Å². The number of nitrogens with two attached hydrogens (primary N) is 1. The summed E-state index contributed by atoms with van der Waals surface area (Å²) in [5.74, 6) is -0.330. The van der Waals surface area contributed by atoms with E-state index in [1.165, 1.54) is 0 Å². The van der Waals surface area contributed by atoms with Crippen molar-refractivity contribution in [3.05, 3.63) is 35.9 Å². The predicted octanol–water partition coefficient (Wildman–Crippen LogP) is 0.617. The van der Waals surface area contributed by atoms with Crippen LogP contribution in [0, 0.1) is 0 Å². The zero-order valence-electron chi connectivity index (χ0n) is 13.6. The highest BCUT2D eigenvalue weighted by atomic mass is 32.2. The van der Waals surface area contributed by atoms with Gasteiger partial charge in [0.2, 0.25) is 5.91 Å². The Morgan fingerprint density at radius 3 is 2.62 bits per heavy atom. The van der Waals surface area contributed by atoms with E-state index in [1.54, 1.807) is 4.90 Å². The number of aliphatic hydroxyl groups excluding tert-OH is 1. The molecule has 1 aromatic carbocycles. The van der Waals surface area contributed by atoms with Gasteiger partial charge in [-0.2, -0.15) is 0 Å². The lowest BCUT2D eigenvalue weighted by Crippen LogP contribution is -2.63. The number of likely N-dealkylation sites (tertiary alicyclic amines) is 1. The van der Waals surface area contributed by atoms with E-state index < -0.39 is 21.5 Å². The van der Waals surface area contributed by atoms with Gasteiger partial charge in [0.25, 0.3) is 0 Å². The molecule has 0 aromatic heterocycles. The number of amides is 1. The van der Waals surface area contributed by atoms with Crippen LogP contribution in [0.2, 0.25) is 0 Å². The average Bonchev–Trinajstić information content (AvgIpc) is 2.94. The van der Waals surface area contributed by atoms with Gasteiger partial charge in [0.1, 0.15) is 0 Å². The first-order valence-electron chi connectivity index (χ1n) is 8.30. The minimum atomic E-state index is -3.06. The molecule has 2 heterocycles. The molecular formula is C17H24N2O4S. The number of hydrogen-bond donors (Lipinski definition) is 2. The van der Waals surface area contributed by atoms with Crippen LogP contribution in [0.25, 0.3) is 0 Å². The van der Waals surface area contributed by atoms with Gasteiger partial charge in [0.15, 0.2) is 9.84 Å². The maximum absolute atomic E-state index is 12.6. The van der Waals surface area contributed by atoms with E-state index in [2.05, 4.69) is 0 Å². The van der Waals surface area contributed by atoms with Crippen LogP contribution in [0.4, 0.5) is 0 Å². The number of benzene rings is 1. The van der Waals surface area contributed by atoms with E-state index in [9.17, 15) is 18.3 Å². The number of carbonyl (C=O) groups excluding carboxylic acids is 1. The highest BCUT2D eigenvalue weighted by Crippen LogP contribution is 2.30. The molecule has 0 saturated carbocycles. The molecular weight excluding hydrogens is 328 g/mol. The lowest BCUT2D eigenvalue weighted by Gasteiger charge is -2.38. The normalized spacial score (nSPS) is 25.9. The van der Waals surface area contributed by atoms with E-state index in [1.807, 2.05) is 30.3 Å². The predicted molar refractivity (Wildman–Crippen MR) is 90.9 cm³/mol. The second-order valence-corrected chi connectivity index (χ2v) is 9.18. The molecule has 132 valence electrons. The van der Waals surface area contributed by atoms with Gasteiger partial charge in [-0.3, -0.25) is 4.79 Å². The van der Waals surface area contributed by atoms with E-state index >= 15 is 0 Å². The fourth-order valence-corrected chi connectivity index (χ4v) is 5.69. The first-order valence-corrected chi connectivity index (χ1v) is 10.1. The van der Waals surface area contributed by atoms with Crippen molar-refractivity contribution in [3.8, 4) is 0 Å². The topological polar surface area (TPSA) is 101 Å². The van der Waals surface area contributed by atoms with Gasteiger partial charge in [-0.25, -0.2) is 8.42 Å². The first-order chi connectivity index (χ1) is 11.3. The van der Waals surface area contributed by atoms with Crippen LogP contribution in [0.1, 0.15) is 37.4 Å². The smallest absolute Gasteiger partial charge is 0.224 e. The Balaban J connectivity index is 1.60. The maximum atomic E-state index is 12.6. The number of sulfone groups is 1. The SMILES string of the molecule is NC1(CC(=O)N2CCCC2CC(O)c2ccccc2)CS(=O)(=O)C1. The third-order valence-electron chi connectivity index (χ3n) is 4.90. The molecule has 2 unspecified atom stereocenters. The second kappa shape index (κ2) is 6.46. The largest absolute Gasteiger partial charge is 0.388 e. The fraction of sp³-hybridized carbons (Fsp3) is 0.588. The Labute approximate surface area is 142 Å². The molecule has 3 rings (SSSR count). The van der Waals surface area contributed by atoms with Crippen molar-refractivity contribution in [1.29, 1.82) is 0 Å². The number of rotatable bonds is 5. The van der Waals surface area contributed by atoms with Crippen LogP contribution in [0.3, 0.4) is 0 Å². The monoisotopic (exact) mass is 352 g/mol. The summed E-state index contributed by atoms with van der Waals surface area (Å²) in [6.45, 7) is 0.647. The van der Waals surface area contributed by atoms with Gasteiger partial charge in [-0.1, -0.05) is 30.3 Å². The van der Waals surface area contributed by atoms with E-state index in [4.69, 9.17) is 5.73 Å². The van der Waals surface area contributed by atoms with Crippen molar-refractivity contribution >= 4 is 15.7 Å². The molecule has 3 N–H and O–H groups in total. The third kappa shape index (κ3) is 3.79. The Kier molecular flexibility index (Phi) is 4.68. The molecule has 2 atom stereocenters. The van der Waals surface area contributed by atoms with Crippen LogP contribution in [-0.4, -0.2) is 54.0 Å². The summed E-state index contributed by atoms with van der Waals surface area (Å²) in [4.78, 5) is 14.3. The quantitative estimate of drug-likeness (QED) is 0.809. The number of nitrogens with zero attached hydrogens (tertiary/aromatic N) is 1. The summed E-state index contributed by atoms with van der Waals surface area (Å²) in [6.07, 6.45) is 1.69. The van der Waals surface area contributed by atoms with Crippen molar-refractivity contribution in [2.24, 2.45) is 5.73 Å². The molecule has 2 fully saturated rings. The highest BCUT2D eigenvalue weighted by molar-refractivity contribution is 7.93. The van der Waals surface area contributed by atoms with Crippen molar-refractivity contribution in [2.45, 2.75) is 43.4 Å². The van der Waals surface area contributed by atoms with Gasteiger partial charge in [-0.15, -0.1) is 0 Å². The molecule has 1 amide bonds. The molecule has 0 radical (unpaired) electrons. The van der Waals surface area contributed by atoms with Gasteiger partial charge in [0.05, 0.1) is 23.1 Å². The summed E-state index contributed by atoms with van der Waals surface area (Å²) in [5, 5.41) is 10.4. The third-order valence-corrected chi connectivity index (χ3v) is 6.92. The summed E-state index contributed by atoms with van der Waals surface area (Å²) in [6, 6.07) is 9.39. The Morgan fingerprint density at radius 2 is 2.00 bits per heavy atom. The van der Waals surface area contributed by atoms with Crippen LogP contribution >= 0.6 is 0 Å². The van der Waals surface area contributed by atoms with Gasteiger partial charge in [0, 0.05) is 19.0 Å². The highest BCUT2D eigenvalue weighted by Gasteiger charge is 2.48. The average molecular weight is 352 g/mol. The summed E-state index contributed by atoms with van der Waals surface area (Å²) < 4.78 is 22.7. The molecule has 2 aliphatic heterocycles. The van der Waals surface area contributed by atoms with Crippen LogP contribution < -0.4 is 5.73 Å². The van der Waals surface area contributed by atoms with Gasteiger partial charge in [-0.05, 0) is 24.8 Å². The van der Waals surface area contributed by atoms with Crippen molar-refractivity contribution < 1.29 is 18.3 Å². The Hall–Kier alpha value is -1.44. The van der Waals surface area contributed by atoms with Crippen LogP contribution in [-0.2, 0) is 14.6 Å². The van der Waals surface area contributed by atoms with E-state index in [0.717, 1.165) is 18.4 Å². The van der Waals surface area contributed by atoms with Crippen molar-refractivity contribution in [1.82, 2.24) is 4.90 Å². The standard InChI is InChI=1S/C17H24N2O4S/c18-17(11-24(22,23)12-17)10-16(21)19-8-4-7-14(19)9-15(20)13-5-2-1-3-6-13/h1-3,5-6,14-15,20H,4,7-12,18H2. The zero-order valence-corrected chi connectivity index (χ0v) is 14.4. The molecule has 2 saturated heterocycles. The number of hydrogen-bond acceptors (Lipinski definition) is 5. The van der Waals surface area contributed by atoms with Gasteiger partial charge < -0.3 is 15.7 Å². The molecule has 1 aromatic rings. The van der Waals surface area contributed by atoms with Crippen molar-refractivity contribution in [3.63, 3.8) is 0 Å². The zero-order chi connectivity index (χ0) is 17.4. The van der Waals surface area contributed by atoms with Crippen molar-refractivity contribution in [2.75, 3.05) is 18.1 Å². The minimum Gasteiger partial charge on any atom is -0.388 e. The first kappa shape index (κ1) is 17.4. The van der Waals surface area contributed by atoms with Gasteiger partial charge >= 0.3 is 0 Å². The molecule has 0 aliphatic carbocycles. The van der Waals surface area contributed by atoms with E-state index in [-0.39, 0.29) is 29.9 Å². The molecule has 0 spiro atoms. The molecule has 0 bridgehead atoms. The maximum Gasteiger partial charge on any atom is 0.224 e. The summed E-state index contributed by atoms with van der Waals surface area (Å²) in [5.41, 5.74) is 5.94. The summed E-state index contributed by atoms with van der Waals surface area (Å²) in [7, 11) is -3.06. The number of aliphatic hydroxyl groups is 1. The summed E-state index contributed by atoms with van der Waals surface area (Å²) >= 11 is 0. The Bertz CT molecular complexity index is 693. The molecule has 2 aliphatic rings. The molecule has 6 nitrogen and oxygen atoms in total. The van der Waals surface area contributed by atoms with Crippen LogP contribution in [0.15, 0.2) is 30.3 Å². The Morgan fingerprint density at radius 1 is 1.33 bits per heavy atom. The second-order valence-electron chi connectivity index (χ2n) is 7.12. The number of carbonyl (C=O) groups is 1. The molecule has 24 heavy (non-hydrogen) atoms. The minimum absolute atomic E-state index is 0.0204. The molecule has 7 heteroatoms.